The molecule has 2 atom stereocenters. The van der Waals surface area contributed by atoms with E-state index in [0.717, 1.165) is 52.9 Å². The zero-order valence-electron chi connectivity index (χ0n) is 18.5. The molecule has 0 saturated carbocycles. The van der Waals surface area contributed by atoms with Gasteiger partial charge in [0.2, 0.25) is 5.91 Å². The van der Waals surface area contributed by atoms with Crippen LogP contribution in [0, 0.1) is 0 Å². The van der Waals surface area contributed by atoms with Crippen molar-refractivity contribution >= 4 is 23.5 Å². The van der Waals surface area contributed by atoms with Crippen LogP contribution in [-0.2, 0) is 33.0 Å². The maximum absolute atomic E-state index is 11.9. The monoisotopic (exact) mass is 476 g/mol. The van der Waals surface area contributed by atoms with Crippen LogP contribution in [0.5, 0.6) is 0 Å². The fourth-order valence-corrected chi connectivity index (χ4v) is 4.86. The number of carbonyl (C=O) groups is 2. The molecule has 1 amide bonds. The van der Waals surface area contributed by atoms with E-state index in [1.807, 2.05) is 54.6 Å². The van der Waals surface area contributed by atoms with Gasteiger partial charge in [0.05, 0.1) is 11.7 Å². The number of carbonyl (C=O) groups excluding carboxylic acids is 2. The molecule has 2 aromatic carbocycles. The summed E-state index contributed by atoms with van der Waals surface area (Å²) in [6.45, 7) is 1.84. The zero-order chi connectivity index (χ0) is 23.7. The summed E-state index contributed by atoms with van der Waals surface area (Å²) in [5.41, 5.74) is 10.5. The molecule has 1 spiro atoms. The first-order valence-electron chi connectivity index (χ1n) is 11.3. The number of halogens is 1. The molecule has 2 unspecified atom stereocenters. The summed E-state index contributed by atoms with van der Waals surface area (Å²) < 4.78 is 5.24. The summed E-state index contributed by atoms with van der Waals surface area (Å²) in [4.78, 5) is 27.8. The molecule has 1 aromatic heterocycles. The normalized spacial score (nSPS) is 21.2. The van der Waals surface area contributed by atoms with Gasteiger partial charge in [-0.25, -0.2) is 4.79 Å². The number of rotatable bonds is 4. The summed E-state index contributed by atoms with van der Waals surface area (Å²) >= 11 is 5.95. The summed E-state index contributed by atoms with van der Waals surface area (Å²) in [7, 11) is 0. The molecule has 3 aromatic rings. The van der Waals surface area contributed by atoms with Crippen molar-refractivity contribution in [3.05, 3.63) is 88.1 Å². The second-order valence-corrected chi connectivity index (χ2v) is 8.94. The first-order valence-corrected chi connectivity index (χ1v) is 11.7. The van der Waals surface area contributed by atoms with Crippen molar-refractivity contribution in [1.29, 1.82) is 0 Å². The van der Waals surface area contributed by atoms with E-state index in [-0.39, 0.29) is 17.9 Å². The van der Waals surface area contributed by atoms with Crippen LogP contribution >= 0.6 is 11.6 Å². The number of aromatic nitrogens is 1. The minimum atomic E-state index is -0.833. The molecule has 2 fully saturated rings. The summed E-state index contributed by atoms with van der Waals surface area (Å²) in [6, 6.07) is 17.0. The van der Waals surface area contributed by atoms with Gasteiger partial charge in [-0.05, 0) is 48.7 Å². The van der Waals surface area contributed by atoms with Crippen molar-refractivity contribution in [2.75, 3.05) is 6.54 Å². The number of hydrogen-bond acceptors (Lipinski definition) is 6. The van der Waals surface area contributed by atoms with Crippen molar-refractivity contribution < 1.29 is 14.3 Å². The number of nitrogens with two attached hydrogens (primary N) is 1. The van der Waals surface area contributed by atoms with Crippen molar-refractivity contribution in [3.8, 4) is 11.3 Å². The van der Waals surface area contributed by atoms with Crippen molar-refractivity contribution in [3.63, 3.8) is 0 Å². The van der Waals surface area contributed by atoms with E-state index < -0.39 is 5.60 Å². The van der Waals surface area contributed by atoms with Gasteiger partial charge in [0.1, 0.15) is 0 Å². The van der Waals surface area contributed by atoms with E-state index >= 15 is 0 Å². The predicted molar refractivity (Wildman–Crippen MR) is 129 cm³/mol. The lowest BCUT2D eigenvalue weighted by molar-refractivity contribution is -0.123. The van der Waals surface area contributed by atoms with E-state index in [1.165, 1.54) is 0 Å². The van der Waals surface area contributed by atoms with Crippen LogP contribution in [-0.4, -0.2) is 29.4 Å². The Hall–Kier alpha value is -3.26. The molecule has 4 N–H and O–H groups in total. The van der Waals surface area contributed by atoms with Crippen LogP contribution < -0.4 is 16.4 Å². The van der Waals surface area contributed by atoms with Gasteiger partial charge >= 0.3 is 5.97 Å². The average molecular weight is 477 g/mol. The largest absolute Gasteiger partial charge is 0.433 e. The Kier molecular flexibility index (Phi) is 6.08. The van der Waals surface area contributed by atoms with Gasteiger partial charge in [-0.1, -0.05) is 48.0 Å². The van der Waals surface area contributed by atoms with E-state index in [4.69, 9.17) is 22.1 Å². The highest BCUT2D eigenvalue weighted by molar-refractivity contribution is 6.30. The predicted octanol–water partition coefficient (Wildman–Crippen LogP) is 3.03. The van der Waals surface area contributed by atoms with E-state index in [0.29, 0.717) is 18.1 Å². The Balaban J connectivity index is 0.000000142. The van der Waals surface area contributed by atoms with Gasteiger partial charge in [0.25, 0.3) is 5.60 Å². The number of ether oxygens (including phenoxy) is 1. The van der Waals surface area contributed by atoms with Crippen molar-refractivity contribution in [1.82, 2.24) is 15.6 Å². The number of pyridine rings is 1. The van der Waals surface area contributed by atoms with Crippen molar-refractivity contribution in [2.45, 2.75) is 37.6 Å². The third-order valence-corrected chi connectivity index (χ3v) is 6.69. The summed E-state index contributed by atoms with van der Waals surface area (Å²) in [5.74, 6) is -0.123. The first kappa shape index (κ1) is 22.5. The number of hydrogen-bond donors (Lipinski definition) is 3. The maximum atomic E-state index is 11.9. The van der Waals surface area contributed by atoms with E-state index in [1.54, 1.807) is 6.20 Å². The molecule has 2 aliphatic heterocycles. The Bertz CT molecular complexity index is 1210. The van der Waals surface area contributed by atoms with Gasteiger partial charge in [0.15, 0.2) is 0 Å². The van der Waals surface area contributed by atoms with Gasteiger partial charge in [-0.3, -0.25) is 9.78 Å². The Morgan fingerprint density at radius 1 is 1.18 bits per heavy atom. The Morgan fingerprint density at radius 3 is 2.71 bits per heavy atom. The molecule has 8 heteroatoms. The number of nitrogens with one attached hydrogen (secondary N) is 2. The molecule has 3 heterocycles. The van der Waals surface area contributed by atoms with Gasteiger partial charge in [0, 0.05) is 41.0 Å². The third kappa shape index (κ3) is 3.96. The molecule has 0 radical (unpaired) electrons. The molecule has 174 valence electrons. The topological polar surface area (TPSA) is 110 Å². The number of benzene rings is 2. The Morgan fingerprint density at radius 2 is 1.97 bits per heavy atom. The van der Waals surface area contributed by atoms with Crippen LogP contribution in [0.15, 0.2) is 60.8 Å². The summed E-state index contributed by atoms with van der Waals surface area (Å²) in [5, 5.41) is 6.76. The van der Waals surface area contributed by atoms with Crippen LogP contribution in [0.1, 0.15) is 35.1 Å². The molecule has 1 aliphatic carbocycles. The fraction of sp³-hybridized carbons (Fsp3) is 0.269. The minimum Gasteiger partial charge on any atom is -0.433 e. The lowest BCUT2D eigenvalue weighted by Gasteiger charge is -2.13. The minimum absolute atomic E-state index is 0.0505. The van der Waals surface area contributed by atoms with Crippen molar-refractivity contribution in [2.24, 2.45) is 5.73 Å². The van der Waals surface area contributed by atoms with Gasteiger partial charge in [-0.15, -0.1) is 0 Å². The van der Waals surface area contributed by atoms with E-state index in [9.17, 15) is 9.59 Å². The van der Waals surface area contributed by atoms with Gasteiger partial charge < -0.3 is 21.1 Å². The van der Waals surface area contributed by atoms with Crippen LogP contribution in [0.2, 0.25) is 5.02 Å². The lowest BCUT2D eigenvalue weighted by Crippen LogP contribution is -2.40. The highest BCUT2D eigenvalue weighted by Gasteiger charge is 2.66. The standard InChI is InChI=1S/C13H18ClN3O.C13H7NO2/c14-11-4-3-9(7-15)10(6-11)8-17-13(18)12-2-1-5-16-12;15-12-13(16-12)9-5-2-1-4-8(9)11-10(13)6-3-7-14-11/h3-4,6,12,16H,1-2,5,7-8,15H2,(H,17,18);1-7H. The highest BCUT2D eigenvalue weighted by Crippen LogP contribution is 2.56. The van der Waals surface area contributed by atoms with Crippen LogP contribution in [0.25, 0.3) is 11.3 Å². The molecule has 6 rings (SSSR count). The number of fused-ring (bicyclic) bond motifs is 5. The van der Waals surface area contributed by atoms with Gasteiger partial charge in [-0.2, -0.15) is 0 Å². The molecule has 3 aliphatic rings. The maximum Gasteiger partial charge on any atom is 0.362 e. The number of nitrogens with zero attached hydrogens (tertiary/aromatic N) is 1. The highest BCUT2D eigenvalue weighted by atomic mass is 35.5. The molecule has 7 nitrogen and oxygen atoms in total. The first-order chi connectivity index (χ1) is 16.5. The van der Waals surface area contributed by atoms with Crippen LogP contribution in [0.4, 0.5) is 0 Å². The zero-order valence-corrected chi connectivity index (χ0v) is 19.3. The SMILES string of the molecule is NCc1ccc(Cl)cc1CNC(=O)C1CCCN1.O=C1OC12c1ccccc1-c1ncccc12. The average Bonchev–Trinajstić information content (AvgIpc) is 3.20. The van der Waals surface area contributed by atoms with Crippen LogP contribution in [0.3, 0.4) is 0 Å². The molecular weight excluding hydrogens is 452 g/mol. The quantitative estimate of drug-likeness (QED) is 0.499. The number of amides is 1. The summed E-state index contributed by atoms with van der Waals surface area (Å²) in [6.07, 6.45) is 3.70. The molecule has 2 saturated heterocycles. The second kappa shape index (κ2) is 9.18. The molecular formula is C26H25ClN4O3. The number of epoxide rings is 1. The second-order valence-electron chi connectivity index (χ2n) is 8.50. The third-order valence-electron chi connectivity index (χ3n) is 6.46. The lowest BCUT2D eigenvalue weighted by atomic mass is 9.98. The molecule has 34 heavy (non-hydrogen) atoms. The molecule has 0 bridgehead atoms. The Labute approximate surface area is 202 Å². The fourth-order valence-electron chi connectivity index (χ4n) is 4.66. The van der Waals surface area contributed by atoms with E-state index in [2.05, 4.69) is 15.6 Å². The smallest absolute Gasteiger partial charge is 0.362 e.